The molecule has 25 heavy (non-hydrogen) atoms. The molecule has 1 aliphatic heterocycles. The predicted octanol–water partition coefficient (Wildman–Crippen LogP) is 3.92. The van der Waals surface area contributed by atoms with Gasteiger partial charge in [0.2, 0.25) is 5.91 Å². The second-order valence-corrected chi connectivity index (χ2v) is 7.11. The Kier molecular flexibility index (Phi) is 4.06. The maximum absolute atomic E-state index is 14.1. The number of nitrogens with one attached hydrogen (secondary N) is 1. The number of carbonyl (C=O) groups is 1. The van der Waals surface area contributed by atoms with Crippen molar-refractivity contribution in [3.8, 4) is 11.3 Å². The average molecular weight is 345 g/mol. The number of likely N-dealkylation sites (tertiary alicyclic amines) is 1. The summed E-state index contributed by atoms with van der Waals surface area (Å²) in [5, 5.41) is 0. The zero-order valence-corrected chi connectivity index (χ0v) is 14.2. The molecule has 1 saturated carbocycles. The number of carbonyl (C=O) groups excluding carboxylic acids is 1. The van der Waals surface area contributed by atoms with E-state index in [9.17, 15) is 13.6 Å². The van der Waals surface area contributed by atoms with Gasteiger partial charge in [0.25, 0.3) is 0 Å². The molecule has 0 unspecified atom stereocenters. The van der Waals surface area contributed by atoms with Crippen LogP contribution in [0.2, 0.25) is 0 Å². The highest BCUT2D eigenvalue weighted by Crippen LogP contribution is 2.34. The van der Waals surface area contributed by atoms with E-state index in [1.165, 1.54) is 25.0 Å². The van der Waals surface area contributed by atoms with Gasteiger partial charge in [0, 0.05) is 42.2 Å². The fourth-order valence-corrected chi connectivity index (χ4v) is 4.10. The fraction of sp³-hybridized carbons (Fsp3) is 0.474. The molecule has 2 fully saturated rings. The summed E-state index contributed by atoms with van der Waals surface area (Å²) in [6.45, 7) is 2.49. The molecule has 1 atom stereocenters. The van der Waals surface area contributed by atoms with Crippen molar-refractivity contribution in [2.75, 3.05) is 6.54 Å². The lowest BCUT2D eigenvalue weighted by Gasteiger charge is -2.23. The zero-order chi connectivity index (χ0) is 17.6. The molecule has 2 aromatic rings. The van der Waals surface area contributed by atoms with Crippen molar-refractivity contribution in [2.45, 2.75) is 51.0 Å². The molecule has 6 heteroatoms. The first kappa shape index (κ1) is 16.2. The molecule has 4 rings (SSSR count). The van der Waals surface area contributed by atoms with Crippen LogP contribution < -0.4 is 0 Å². The molecular weight excluding hydrogens is 324 g/mol. The van der Waals surface area contributed by atoms with Crippen LogP contribution in [0.5, 0.6) is 0 Å². The smallest absolute Gasteiger partial charge is 0.223 e. The molecule has 2 aliphatic rings. The zero-order valence-electron chi connectivity index (χ0n) is 14.2. The molecule has 1 aromatic carbocycles. The topological polar surface area (TPSA) is 49.0 Å². The number of aromatic amines is 1. The van der Waals surface area contributed by atoms with Crippen LogP contribution >= 0.6 is 0 Å². The summed E-state index contributed by atoms with van der Waals surface area (Å²) in [7, 11) is 0. The van der Waals surface area contributed by atoms with E-state index in [-0.39, 0.29) is 17.4 Å². The van der Waals surface area contributed by atoms with Crippen molar-refractivity contribution < 1.29 is 13.6 Å². The molecule has 1 saturated heterocycles. The first-order valence-corrected chi connectivity index (χ1v) is 8.84. The minimum absolute atomic E-state index is 0.00376. The van der Waals surface area contributed by atoms with Crippen molar-refractivity contribution in [2.24, 2.45) is 0 Å². The monoisotopic (exact) mass is 345 g/mol. The van der Waals surface area contributed by atoms with E-state index in [4.69, 9.17) is 0 Å². The summed E-state index contributed by atoms with van der Waals surface area (Å²) in [5.74, 6) is -0.339. The van der Waals surface area contributed by atoms with Gasteiger partial charge < -0.3 is 9.88 Å². The number of rotatable bonds is 3. The van der Waals surface area contributed by atoms with Gasteiger partial charge in [0.05, 0.1) is 5.69 Å². The summed E-state index contributed by atoms with van der Waals surface area (Å²) < 4.78 is 27.2. The summed E-state index contributed by atoms with van der Waals surface area (Å²) in [4.78, 5) is 22.1. The SMILES string of the molecule is Cc1[nH]c([C@@H]2CC(=O)N(C3CCCC3)C2)nc1-c1ccc(F)cc1F. The minimum Gasteiger partial charge on any atom is -0.345 e. The van der Waals surface area contributed by atoms with Gasteiger partial charge in [-0.2, -0.15) is 0 Å². The van der Waals surface area contributed by atoms with Gasteiger partial charge >= 0.3 is 0 Å². The normalized spacial score (nSPS) is 21.5. The summed E-state index contributed by atoms with van der Waals surface area (Å²) in [6, 6.07) is 3.86. The van der Waals surface area contributed by atoms with Crippen molar-refractivity contribution in [1.29, 1.82) is 0 Å². The van der Waals surface area contributed by atoms with Crippen molar-refractivity contribution >= 4 is 5.91 Å². The second-order valence-electron chi connectivity index (χ2n) is 7.11. The van der Waals surface area contributed by atoms with Crippen LogP contribution in [0.25, 0.3) is 11.3 Å². The highest BCUT2D eigenvalue weighted by atomic mass is 19.1. The lowest BCUT2D eigenvalue weighted by molar-refractivity contribution is -0.129. The Labute approximate surface area is 145 Å². The first-order chi connectivity index (χ1) is 12.0. The Morgan fingerprint density at radius 3 is 2.72 bits per heavy atom. The van der Waals surface area contributed by atoms with Crippen molar-refractivity contribution in [3.63, 3.8) is 0 Å². The van der Waals surface area contributed by atoms with Crippen LogP contribution in [0, 0.1) is 18.6 Å². The van der Waals surface area contributed by atoms with E-state index in [1.807, 2.05) is 11.8 Å². The number of aromatic nitrogens is 2. The van der Waals surface area contributed by atoms with E-state index < -0.39 is 11.6 Å². The van der Waals surface area contributed by atoms with Gasteiger partial charge in [-0.1, -0.05) is 12.8 Å². The maximum Gasteiger partial charge on any atom is 0.223 e. The maximum atomic E-state index is 14.1. The quantitative estimate of drug-likeness (QED) is 0.916. The molecule has 0 bridgehead atoms. The molecule has 4 nitrogen and oxygen atoms in total. The molecule has 1 amide bonds. The van der Waals surface area contributed by atoms with Gasteiger partial charge in [-0.15, -0.1) is 0 Å². The molecule has 2 heterocycles. The number of aryl methyl sites for hydroxylation is 1. The minimum atomic E-state index is -0.628. The number of H-pyrrole nitrogens is 1. The third-order valence-corrected chi connectivity index (χ3v) is 5.40. The highest BCUT2D eigenvalue weighted by molar-refractivity contribution is 5.80. The van der Waals surface area contributed by atoms with E-state index >= 15 is 0 Å². The van der Waals surface area contributed by atoms with Gasteiger partial charge in [0.1, 0.15) is 17.5 Å². The van der Waals surface area contributed by atoms with E-state index in [0.717, 1.165) is 24.6 Å². The van der Waals surface area contributed by atoms with Crippen LogP contribution in [0.3, 0.4) is 0 Å². The second kappa shape index (κ2) is 6.24. The Balaban J connectivity index is 1.59. The third kappa shape index (κ3) is 2.94. The van der Waals surface area contributed by atoms with Crippen LogP contribution in [0.1, 0.15) is 49.5 Å². The fourth-order valence-electron chi connectivity index (χ4n) is 4.10. The Hall–Kier alpha value is -2.24. The standard InChI is InChI=1S/C19H21F2N3O/c1-11-18(15-7-6-13(20)9-16(15)21)23-19(22-11)12-8-17(25)24(10-12)14-4-2-3-5-14/h6-7,9,12,14H,2-5,8,10H2,1H3,(H,22,23)/t12-/m1/s1. The van der Waals surface area contributed by atoms with Gasteiger partial charge in [-0.25, -0.2) is 13.8 Å². The molecule has 0 spiro atoms. The number of imidazole rings is 1. The average Bonchev–Trinajstić information content (AvgIpc) is 3.27. The number of hydrogen-bond donors (Lipinski definition) is 1. The highest BCUT2D eigenvalue weighted by Gasteiger charge is 2.37. The lowest BCUT2D eigenvalue weighted by Crippen LogP contribution is -2.34. The van der Waals surface area contributed by atoms with Crippen LogP contribution in [0.15, 0.2) is 18.2 Å². The number of nitrogens with zero attached hydrogens (tertiary/aromatic N) is 2. The first-order valence-electron chi connectivity index (χ1n) is 8.84. The van der Waals surface area contributed by atoms with E-state index in [2.05, 4.69) is 9.97 Å². The van der Waals surface area contributed by atoms with Crippen LogP contribution in [-0.4, -0.2) is 33.4 Å². The Bertz CT molecular complexity index is 811. The van der Waals surface area contributed by atoms with Crippen LogP contribution in [0.4, 0.5) is 8.78 Å². The molecule has 132 valence electrons. The number of hydrogen-bond acceptors (Lipinski definition) is 2. The summed E-state index contributed by atoms with van der Waals surface area (Å²) in [6.07, 6.45) is 4.98. The number of halogens is 2. The largest absolute Gasteiger partial charge is 0.345 e. The molecule has 1 N–H and O–H groups in total. The number of amides is 1. The summed E-state index contributed by atoms with van der Waals surface area (Å²) in [5.41, 5.74) is 1.49. The number of benzene rings is 1. The lowest BCUT2D eigenvalue weighted by atomic mass is 10.1. The van der Waals surface area contributed by atoms with Crippen molar-refractivity contribution in [1.82, 2.24) is 14.9 Å². The molecule has 1 aliphatic carbocycles. The van der Waals surface area contributed by atoms with Gasteiger partial charge in [0.15, 0.2) is 0 Å². The van der Waals surface area contributed by atoms with E-state index in [1.54, 1.807) is 0 Å². The summed E-state index contributed by atoms with van der Waals surface area (Å²) >= 11 is 0. The Morgan fingerprint density at radius 2 is 2.00 bits per heavy atom. The predicted molar refractivity (Wildman–Crippen MR) is 90.0 cm³/mol. The molecule has 0 radical (unpaired) electrons. The van der Waals surface area contributed by atoms with E-state index in [0.29, 0.717) is 30.5 Å². The molecule has 1 aromatic heterocycles. The third-order valence-electron chi connectivity index (χ3n) is 5.40. The van der Waals surface area contributed by atoms with Gasteiger partial charge in [-0.05, 0) is 31.9 Å². The van der Waals surface area contributed by atoms with Crippen molar-refractivity contribution in [3.05, 3.63) is 41.4 Å². The molecular formula is C19H21F2N3O. The van der Waals surface area contributed by atoms with Gasteiger partial charge in [-0.3, -0.25) is 4.79 Å². The Morgan fingerprint density at radius 1 is 1.24 bits per heavy atom. The van der Waals surface area contributed by atoms with Crippen LogP contribution in [-0.2, 0) is 4.79 Å².